The van der Waals surface area contributed by atoms with Gasteiger partial charge in [-0.1, -0.05) is 42.0 Å². The number of methoxy groups -OCH3 is 2. The SMILES string of the molecule is C#C[C@H]1CC1CO.COC(=O)C(C)(CCc1ccc(C#CBr)cc1)S(C)(=O)=O.COC(=O)C(C)(CCc1ccc(C#CC#CC2C[C@@H]2CO)cc1)S(C)(=O)=O. The number of benzene rings is 2. The third-order valence-corrected chi connectivity index (χ3v) is 14.0. The molecule has 2 aromatic rings. The fraction of sp³-hybridized carbons (Fsp3) is 0.476. The molecule has 2 fully saturated rings. The van der Waals surface area contributed by atoms with Gasteiger partial charge in [0.15, 0.2) is 29.2 Å². The van der Waals surface area contributed by atoms with Crippen LogP contribution in [0.4, 0.5) is 0 Å². The van der Waals surface area contributed by atoms with Crippen LogP contribution < -0.4 is 0 Å². The summed E-state index contributed by atoms with van der Waals surface area (Å²) in [5, 5.41) is 17.4. The van der Waals surface area contributed by atoms with Crippen LogP contribution in [0.15, 0.2) is 48.5 Å². The average Bonchev–Trinajstić information content (AvgIpc) is 4.10. The quantitative estimate of drug-likeness (QED) is 0.235. The lowest BCUT2D eigenvalue weighted by atomic mass is 9.99. The number of carbonyl (C=O) groups excluding carboxylic acids is 2. The van der Waals surface area contributed by atoms with E-state index in [0.29, 0.717) is 30.6 Å². The van der Waals surface area contributed by atoms with Crippen LogP contribution in [0.5, 0.6) is 0 Å². The van der Waals surface area contributed by atoms with E-state index in [1.807, 2.05) is 48.5 Å². The number of rotatable bonds is 12. The molecule has 2 N–H and O–H groups in total. The summed E-state index contributed by atoms with van der Waals surface area (Å²) in [6, 6.07) is 14.8. The fourth-order valence-corrected chi connectivity index (χ4v) is 7.10. The van der Waals surface area contributed by atoms with Gasteiger partial charge >= 0.3 is 11.9 Å². The molecule has 2 aromatic carbocycles. The van der Waals surface area contributed by atoms with Crippen molar-refractivity contribution in [3.05, 3.63) is 70.8 Å². The Labute approximate surface area is 335 Å². The summed E-state index contributed by atoms with van der Waals surface area (Å²) in [5.41, 5.74) is 3.51. The van der Waals surface area contributed by atoms with E-state index in [2.05, 4.69) is 65.8 Å². The van der Waals surface area contributed by atoms with Gasteiger partial charge in [-0.3, -0.25) is 9.59 Å². The normalized spacial score (nSPS) is 19.9. The van der Waals surface area contributed by atoms with Crippen LogP contribution in [0.3, 0.4) is 0 Å². The highest BCUT2D eigenvalue weighted by atomic mass is 79.9. The summed E-state index contributed by atoms with van der Waals surface area (Å²) < 4.78 is 54.0. The Bertz CT molecular complexity index is 2090. The summed E-state index contributed by atoms with van der Waals surface area (Å²) in [7, 11) is -4.79. The molecule has 0 aliphatic heterocycles. The van der Waals surface area contributed by atoms with Crippen molar-refractivity contribution in [2.24, 2.45) is 23.7 Å². The Morgan fingerprint density at radius 1 is 0.745 bits per heavy atom. The first-order valence-electron chi connectivity index (χ1n) is 17.4. The molecule has 0 saturated heterocycles. The third kappa shape index (κ3) is 14.2. The molecule has 0 spiro atoms. The molecule has 0 amide bonds. The number of carbonyl (C=O) groups is 2. The van der Waals surface area contributed by atoms with E-state index in [0.717, 1.165) is 47.6 Å². The molecule has 0 heterocycles. The number of aliphatic hydroxyl groups is 2. The van der Waals surface area contributed by atoms with E-state index in [9.17, 15) is 26.4 Å². The van der Waals surface area contributed by atoms with Gasteiger partial charge in [0, 0.05) is 64.6 Å². The van der Waals surface area contributed by atoms with E-state index in [1.54, 1.807) is 0 Å². The van der Waals surface area contributed by atoms with Crippen molar-refractivity contribution in [2.45, 2.75) is 61.9 Å². The second-order valence-electron chi connectivity index (χ2n) is 13.9. The molecule has 0 bridgehead atoms. The van der Waals surface area contributed by atoms with E-state index in [-0.39, 0.29) is 32.0 Å². The van der Waals surface area contributed by atoms with Gasteiger partial charge in [0.05, 0.1) is 14.2 Å². The number of aryl methyl sites for hydroxylation is 2. The average molecular weight is 858 g/mol. The van der Waals surface area contributed by atoms with Crippen LogP contribution in [0.25, 0.3) is 0 Å². The van der Waals surface area contributed by atoms with Crippen LogP contribution in [-0.2, 0) is 51.6 Å². The number of ether oxygens (including phenoxy) is 2. The van der Waals surface area contributed by atoms with Gasteiger partial charge in [0.1, 0.15) is 0 Å². The maximum Gasteiger partial charge on any atom is 0.326 e. The molecular formula is C42H49BrO10S2. The highest BCUT2D eigenvalue weighted by molar-refractivity contribution is 9.12. The lowest BCUT2D eigenvalue weighted by Gasteiger charge is -2.24. The van der Waals surface area contributed by atoms with E-state index < -0.39 is 41.1 Å². The molecular weight excluding hydrogens is 808 g/mol. The zero-order valence-electron chi connectivity index (χ0n) is 32.0. The largest absolute Gasteiger partial charge is 0.468 e. The summed E-state index contributed by atoms with van der Waals surface area (Å²) in [5.74, 6) is 17.0. The smallest absolute Gasteiger partial charge is 0.326 e. The van der Waals surface area contributed by atoms with Gasteiger partial charge in [-0.2, -0.15) is 0 Å². The molecule has 4 rings (SSSR count). The first kappa shape index (κ1) is 47.1. The molecule has 2 aliphatic rings. The zero-order chi connectivity index (χ0) is 41.5. The lowest BCUT2D eigenvalue weighted by molar-refractivity contribution is -0.144. The van der Waals surface area contributed by atoms with Crippen LogP contribution in [0, 0.1) is 70.4 Å². The molecule has 2 saturated carbocycles. The number of sulfone groups is 2. The van der Waals surface area contributed by atoms with Gasteiger partial charge in [-0.05, 0) is 116 Å². The van der Waals surface area contributed by atoms with E-state index in [1.165, 1.54) is 28.1 Å². The lowest BCUT2D eigenvalue weighted by Crippen LogP contribution is -2.44. The van der Waals surface area contributed by atoms with Crippen molar-refractivity contribution in [1.29, 1.82) is 0 Å². The standard InChI is InChI=1S/C21H24O5S.C15H17BrO4S.C6H8O/c1-21(20(23)26-2,27(3,24)25)13-12-17-10-8-16(9-11-17)6-4-5-7-18-14-19(18)15-22;1-15(14(17)20-2,21(3,18)19)10-8-12-4-6-13(7-5-12)9-11-16;1-2-5-3-6(5)4-7/h8-11,18-19,22H,12-15H2,1-3H3;4-7H,8,10H2,1-3H3;1,5-7H,3-4H2/t18?,19-,21?;;5-,6?/m1.0/s1. The van der Waals surface area contributed by atoms with Gasteiger partial charge in [-0.25, -0.2) is 16.8 Å². The highest BCUT2D eigenvalue weighted by Crippen LogP contribution is 2.37. The van der Waals surface area contributed by atoms with Crippen molar-refractivity contribution in [1.82, 2.24) is 0 Å². The van der Waals surface area contributed by atoms with Crippen LogP contribution in [0.1, 0.15) is 61.8 Å². The first-order chi connectivity index (χ1) is 25.8. The first-order valence-corrected chi connectivity index (χ1v) is 22.0. The fourth-order valence-electron chi connectivity index (χ4n) is 5.15. The van der Waals surface area contributed by atoms with Gasteiger partial charge in [0.25, 0.3) is 0 Å². The number of aliphatic hydroxyl groups excluding tert-OH is 2. The number of hydrogen-bond acceptors (Lipinski definition) is 10. The molecule has 0 radical (unpaired) electrons. The number of terminal acetylenes is 1. The van der Waals surface area contributed by atoms with Crippen LogP contribution in [0.2, 0.25) is 0 Å². The number of halogens is 1. The Balaban J connectivity index is 0.000000329. The molecule has 4 unspecified atom stereocenters. The predicted molar refractivity (Wildman–Crippen MR) is 217 cm³/mol. The Morgan fingerprint density at radius 2 is 1.15 bits per heavy atom. The molecule has 296 valence electrons. The predicted octanol–water partition coefficient (Wildman–Crippen LogP) is 4.13. The Hall–Kier alpha value is -4.08. The van der Waals surface area contributed by atoms with Crippen molar-refractivity contribution in [3.8, 4) is 46.8 Å². The Kier molecular flexibility index (Phi) is 18.2. The van der Waals surface area contributed by atoms with Gasteiger partial charge in [-0.15, -0.1) is 12.3 Å². The highest BCUT2D eigenvalue weighted by Gasteiger charge is 2.45. The zero-order valence-corrected chi connectivity index (χ0v) is 35.2. The summed E-state index contributed by atoms with van der Waals surface area (Å²) in [6.45, 7) is 3.25. The number of esters is 2. The van der Waals surface area contributed by atoms with Crippen molar-refractivity contribution >= 4 is 47.5 Å². The third-order valence-electron chi connectivity index (χ3n) is 9.81. The van der Waals surface area contributed by atoms with E-state index >= 15 is 0 Å². The van der Waals surface area contributed by atoms with Crippen molar-refractivity contribution in [2.75, 3.05) is 39.9 Å². The molecule has 6 atom stereocenters. The van der Waals surface area contributed by atoms with E-state index in [4.69, 9.17) is 16.6 Å². The molecule has 10 nitrogen and oxygen atoms in total. The van der Waals surface area contributed by atoms with Crippen LogP contribution in [-0.4, -0.2) is 88.4 Å². The minimum Gasteiger partial charge on any atom is -0.468 e. The number of hydrogen-bond donors (Lipinski definition) is 2. The second-order valence-corrected chi connectivity index (χ2v) is 19.1. The van der Waals surface area contributed by atoms with Crippen molar-refractivity contribution in [3.63, 3.8) is 0 Å². The topological polar surface area (TPSA) is 161 Å². The summed E-state index contributed by atoms with van der Waals surface area (Å²) in [6.07, 6.45) is 10.3. The second kappa shape index (κ2) is 21.3. The van der Waals surface area contributed by atoms with Gasteiger partial charge in [0.2, 0.25) is 0 Å². The maximum atomic E-state index is 12.0. The summed E-state index contributed by atoms with van der Waals surface area (Å²) >= 11 is 3.03. The minimum atomic E-state index is -3.60. The van der Waals surface area contributed by atoms with Crippen LogP contribution >= 0.6 is 15.9 Å². The minimum absolute atomic E-state index is 0.141. The van der Waals surface area contributed by atoms with Crippen molar-refractivity contribution < 1.29 is 46.1 Å². The molecule has 13 heteroatoms. The van der Waals surface area contributed by atoms with Gasteiger partial charge < -0.3 is 19.7 Å². The molecule has 0 aromatic heterocycles. The Morgan fingerprint density at radius 3 is 1.45 bits per heavy atom. The monoisotopic (exact) mass is 856 g/mol. The molecule has 2 aliphatic carbocycles. The molecule has 55 heavy (non-hydrogen) atoms. The summed E-state index contributed by atoms with van der Waals surface area (Å²) in [4.78, 5) is 26.4. The maximum absolute atomic E-state index is 12.0.